The van der Waals surface area contributed by atoms with Crippen molar-refractivity contribution in [2.45, 2.75) is 26.8 Å². The number of carbonyl (C=O) groups is 1. The molecule has 2 aromatic heterocycles. The molecule has 0 aliphatic rings. The van der Waals surface area contributed by atoms with Gasteiger partial charge in [0.25, 0.3) is 5.91 Å². The van der Waals surface area contributed by atoms with E-state index in [4.69, 9.17) is 0 Å². The summed E-state index contributed by atoms with van der Waals surface area (Å²) >= 11 is 0. The Morgan fingerprint density at radius 2 is 2.33 bits per heavy atom. The van der Waals surface area contributed by atoms with Crippen LogP contribution in [0.25, 0.3) is 0 Å². The number of hydrogen-bond acceptors (Lipinski definition) is 4. The summed E-state index contributed by atoms with van der Waals surface area (Å²) in [6, 6.07) is 0. The molecule has 0 unspecified atom stereocenters. The quantitative estimate of drug-likeness (QED) is 0.816. The molecule has 0 saturated heterocycles. The van der Waals surface area contributed by atoms with Gasteiger partial charge in [0.15, 0.2) is 0 Å². The van der Waals surface area contributed by atoms with Crippen LogP contribution in [0.4, 0.5) is 0 Å². The molecule has 2 N–H and O–H groups in total. The summed E-state index contributed by atoms with van der Waals surface area (Å²) in [4.78, 5) is 15.7. The van der Waals surface area contributed by atoms with E-state index >= 15 is 0 Å². The monoisotopic (exact) mass is 248 g/mol. The second-order valence-corrected chi connectivity index (χ2v) is 4.06. The summed E-state index contributed by atoms with van der Waals surface area (Å²) in [5, 5.41) is 13.5. The van der Waals surface area contributed by atoms with Gasteiger partial charge in [-0.15, -0.1) is 5.10 Å². The summed E-state index contributed by atoms with van der Waals surface area (Å²) in [6.07, 6.45) is 2.74. The van der Waals surface area contributed by atoms with E-state index in [2.05, 4.69) is 25.6 Å². The van der Waals surface area contributed by atoms with Gasteiger partial charge in [0.05, 0.1) is 5.69 Å². The predicted octanol–water partition coefficient (Wildman–Crippen LogP) is 0.339. The fraction of sp³-hybridized carbons (Fsp3) is 0.455. The highest BCUT2D eigenvalue weighted by molar-refractivity contribution is 5.90. The highest BCUT2D eigenvalue weighted by Crippen LogP contribution is 2.06. The lowest BCUT2D eigenvalue weighted by Gasteiger charge is -2.01. The Bertz CT molecular complexity index is 556. The van der Waals surface area contributed by atoms with E-state index in [-0.39, 0.29) is 11.7 Å². The third-order valence-corrected chi connectivity index (χ3v) is 2.57. The van der Waals surface area contributed by atoms with Crippen LogP contribution in [0, 0.1) is 6.92 Å². The minimum atomic E-state index is -0.287. The normalized spacial score (nSPS) is 10.6. The summed E-state index contributed by atoms with van der Waals surface area (Å²) in [5.41, 5.74) is 2.00. The molecule has 0 atom stereocenters. The van der Waals surface area contributed by atoms with E-state index in [9.17, 15) is 4.79 Å². The summed E-state index contributed by atoms with van der Waals surface area (Å²) in [5.74, 6) is 0.496. The van der Waals surface area contributed by atoms with Gasteiger partial charge >= 0.3 is 0 Å². The fourth-order valence-corrected chi connectivity index (χ4v) is 1.73. The Hall–Kier alpha value is -2.18. The molecule has 0 radical (unpaired) electrons. The van der Waals surface area contributed by atoms with Gasteiger partial charge in [0.1, 0.15) is 5.82 Å². The first-order valence-electron chi connectivity index (χ1n) is 5.78. The third-order valence-electron chi connectivity index (χ3n) is 2.57. The van der Waals surface area contributed by atoms with Crippen molar-refractivity contribution in [1.29, 1.82) is 0 Å². The SMILES string of the molecule is CCc1nn(C)cc1CNC(=O)c1n[nH]c(C)n1. The van der Waals surface area contributed by atoms with Crippen molar-refractivity contribution in [3.63, 3.8) is 0 Å². The van der Waals surface area contributed by atoms with E-state index in [0.29, 0.717) is 12.4 Å². The van der Waals surface area contributed by atoms with Crippen LogP contribution in [0.2, 0.25) is 0 Å². The molecule has 96 valence electrons. The number of aryl methyl sites for hydroxylation is 3. The number of nitrogens with one attached hydrogen (secondary N) is 2. The Kier molecular flexibility index (Phi) is 3.40. The lowest BCUT2D eigenvalue weighted by molar-refractivity contribution is 0.0941. The third kappa shape index (κ3) is 2.55. The average molecular weight is 248 g/mol. The number of rotatable bonds is 4. The van der Waals surface area contributed by atoms with Crippen molar-refractivity contribution >= 4 is 5.91 Å². The standard InChI is InChI=1S/C11H16N6O/c1-4-9-8(6-17(3)16-9)5-12-11(18)10-13-7(2)14-15-10/h6H,4-5H2,1-3H3,(H,12,18)(H,13,14,15). The van der Waals surface area contributed by atoms with E-state index in [1.165, 1.54) is 0 Å². The zero-order valence-electron chi connectivity index (χ0n) is 10.7. The first kappa shape index (κ1) is 12.3. The molecular formula is C11H16N6O. The molecule has 0 bridgehead atoms. The Balaban J connectivity index is 2.01. The smallest absolute Gasteiger partial charge is 0.291 e. The molecule has 0 aliphatic heterocycles. The molecule has 0 fully saturated rings. The van der Waals surface area contributed by atoms with E-state index < -0.39 is 0 Å². The topological polar surface area (TPSA) is 88.5 Å². The van der Waals surface area contributed by atoms with Gasteiger partial charge in [-0.05, 0) is 13.3 Å². The van der Waals surface area contributed by atoms with Crippen LogP contribution in [-0.4, -0.2) is 30.9 Å². The first-order valence-corrected chi connectivity index (χ1v) is 5.78. The van der Waals surface area contributed by atoms with Gasteiger partial charge in [-0.3, -0.25) is 14.6 Å². The van der Waals surface area contributed by atoms with Crippen molar-refractivity contribution in [2.75, 3.05) is 0 Å². The minimum absolute atomic E-state index is 0.162. The first-order chi connectivity index (χ1) is 8.60. The Morgan fingerprint density at radius 3 is 2.94 bits per heavy atom. The second kappa shape index (κ2) is 4.99. The van der Waals surface area contributed by atoms with E-state index in [0.717, 1.165) is 17.7 Å². The molecule has 0 saturated carbocycles. The number of hydrogen-bond donors (Lipinski definition) is 2. The molecule has 1 amide bonds. The zero-order chi connectivity index (χ0) is 13.1. The molecule has 18 heavy (non-hydrogen) atoms. The number of carbonyl (C=O) groups excluding carboxylic acids is 1. The molecule has 0 spiro atoms. The van der Waals surface area contributed by atoms with Crippen molar-refractivity contribution in [2.24, 2.45) is 7.05 Å². The second-order valence-electron chi connectivity index (χ2n) is 4.06. The molecular weight excluding hydrogens is 232 g/mol. The molecule has 7 nitrogen and oxygen atoms in total. The lowest BCUT2D eigenvalue weighted by Crippen LogP contribution is -2.24. The molecule has 2 heterocycles. The summed E-state index contributed by atoms with van der Waals surface area (Å²) in [6.45, 7) is 4.22. The number of aromatic amines is 1. The number of H-pyrrole nitrogens is 1. The van der Waals surface area contributed by atoms with Crippen LogP contribution >= 0.6 is 0 Å². The van der Waals surface area contributed by atoms with Crippen LogP contribution in [0.3, 0.4) is 0 Å². The van der Waals surface area contributed by atoms with Crippen molar-refractivity contribution in [1.82, 2.24) is 30.3 Å². The van der Waals surface area contributed by atoms with Gasteiger partial charge in [0.2, 0.25) is 5.82 Å². The lowest BCUT2D eigenvalue weighted by atomic mass is 10.2. The van der Waals surface area contributed by atoms with Crippen LogP contribution in [-0.2, 0) is 20.0 Å². The van der Waals surface area contributed by atoms with Gasteiger partial charge in [-0.1, -0.05) is 6.92 Å². The van der Waals surface area contributed by atoms with Gasteiger partial charge in [-0.2, -0.15) is 5.10 Å². The maximum atomic E-state index is 11.8. The maximum Gasteiger partial charge on any atom is 0.291 e. The van der Waals surface area contributed by atoms with Gasteiger partial charge in [0, 0.05) is 25.4 Å². The fourth-order valence-electron chi connectivity index (χ4n) is 1.73. The van der Waals surface area contributed by atoms with Crippen molar-refractivity contribution in [3.05, 3.63) is 29.1 Å². The molecule has 0 aromatic carbocycles. The largest absolute Gasteiger partial charge is 0.345 e. The molecule has 2 aromatic rings. The van der Waals surface area contributed by atoms with Crippen LogP contribution in [0.15, 0.2) is 6.20 Å². The van der Waals surface area contributed by atoms with Crippen molar-refractivity contribution < 1.29 is 4.79 Å². The predicted molar refractivity (Wildman–Crippen MR) is 64.9 cm³/mol. The number of amides is 1. The Labute approximate surface area is 105 Å². The van der Waals surface area contributed by atoms with Crippen LogP contribution < -0.4 is 5.32 Å². The molecule has 7 heteroatoms. The summed E-state index contributed by atoms with van der Waals surface area (Å²) < 4.78 is 1.75. The van der Waals surface area contributed by atoms with Crippen molar-refractivity contribution in [3.8, 4) is 0 Å². The highest BCUT2D eigenvalue weighted by Gasteiger charge is 2.12. The Morgan fingerprint density at radius 1 is 1.56 bits per heavy atom. The zero-order valence-corrected chi connectivity index (χ0v) is 10.7. The molecule has 0 aliphatic carbocycles. The number of aromatic nitrogens is 5. The average Bonchev–Trinajstić information content (AvgIpc) is 2.92. The van der Waals surface area contributed by atoms with E-state index in [1.807, 2.05) is 20.2 Å². The molecule has 2 rings (SSSR count). The minimum Gasteiger partial charge on any atom is -0.345 e. The maximum absolute atomic E-state index is 11.8. The van der Waals surface area contributed by atoms with Gasteiger partial charge < -0.3 is 5.32 Å². The number of nitrogens with zero attached hydrogens (tertiary/aromatic N) is 4. The van der Waals surface area contributed by atoms with Crippen LogP contribution in [0.1, 0.15) is 34.6 Å². The van der Waals surface area contributed by atoms with Gasteiger partial charge in [-0.25, -0.2) is 4.98 Å². The highest BCUT2D eigenvalue weighted by atomic mass is 16.2. The summed E-state index contributed by atoms with van der Waals surface area (Å²) in [7, 11) is 1.86. The van der Waals surface area contributed by atoms with E-state index in [1.54, 1.807) is 11.6 Å². The van der Waals surface area contributed by atoms with Crippen LogP contribution in [0.5, 0.6) is 0 Å².